The summed E-state index contributed by atoms with van der Waals surface area (Å²) in [7, 11) is 3.80. The topological polar surface area (TPSA) is 102 Å². The molecule has 0 aromatic heterocycles. The fourth-order valence-corrected chi connectivity index (χ4v) is 5.38. The Labute approximate surface area is 216 Å². The van der Waals surface area contributed by atoms with Gasteiger partial charge < -0.3 is 24.2 Å². The zero-order chi connectivity index (χ0) is 27.3. The minimum Gasteiger partial charge on any atom is -0.461 e. The number of carbonyl (C=O) groups is 3. The maximum Gasteiger partial charge on any atom is 0.316 e. The van der Waals surface area contributed by atoms with Gasteiger partial charge in [0.05, 0.1) is 12.2 Å². The maximum absolute atomic E-state index is 13.5. The lowest BCUT2D eigenvalue weighted by Crippen LogP contribution is -2.56. The Morgan fingerprint density at radius 3 is 2.28 bits per heavy atom. The number of ether oxygens (including phenoxy) is 3. The number of carbonyl (C=O) groups excluding carboxylic acids is 3. The minimum atomic E-state index is -0.962. The van der Waals surface area contributed by atoms with Gasteiger partial charge in [-0.25, -0.2) is 0 Å². The van der Waals surface area contributed by atoms with Crippen LogP contribution in [-0.4, -0.2) is 78.4 Å². The van der Waals surface area contributed by atoms with E-state index < -0.39 is 42.4 Å². The number of aliphatic hydroxyl groups excluding tert-OH is 1. The molecule has 8 nitrogen and oxygen atoms in total. The van der Waals surface area contributed by atoms with Crippen LogP contribution in [-0.2, 0) is 28.6 Å². The maximum atomic E-state index is 13.5. The van der Waals surface area contributed by atoms with Crippen LogP contribution >= 0.6 is 0 Å². The molecule has 0 aromatic rings. The minimum absolute atomic E-state index is 0.0201. The molecule has 1 saturated heterocycles. The summed E-state index contributed by atoms with van der Waals surface area (Å²) >= 11 is 0. The van der Waals surface area contributed by atoms with E-state index in [1.807, 2.05) is 53.6 Å². The summed E-state index contributed by atoms with van der Waals surface area (Å²) in [5.74, 6) is -3.16. The molecule has 0 amide bonds. The molecule has 2 unspecified atom stereocenters. The van der Waals surface area contributed by atoms with Gasteiger partial charge in [-0.2, -0.15) is 0 Å². The van der Waals surface area contributed by atoms with Crippen LogP contribution in [0.3, 0.4) is 0 Å². The summed E-state index contributed by atoms with van der Waals surface area (Å²) in [5.41, 5.74) is 0. The summed E-state index contributed by atoms with van der Waals surface area (Å²) in [6.07, 6.45) is 2.02. The summed E-state index contributed by atoms with van der Waals surface area (Å²) in [6.45, 7) is 12.9. The van der Waals surface area contributed by atoms with Crippen LogP contribution in [0.5, 0.6) is 0 Å². The Hall–Kier alpha value is -1.61. The number of rotatable bonds is 4. The highest BCUT2D eigenvalue weighted by Crippen LogP contribution is 2.32. The summed E-state index contributed by atoms with van der Waals surface area (Å²) < 4.78 is 18.1. The number of likely N-dealkylation sites (N-methyl/N-ethyl adjacent to an activating group) is 1. The number of hydrogen-bond donors (Lipinski definition) is 1. The van der Waals surface area contributed by atoms with Gasteiger partial charge in [-0.3, -0.25) is 14.4 Å². The summed E-state index contributed by atoms with van der Waals surface area (Å²) in [4.78, 5) is 41.2. The Balaban J connectivity index is 2.40. The van der Waals surface area contributed by atoms with Crippen molar-refractivity contribution in [3.63, 3.8) is 0 Å². The third-order valence-corrected chi connectivity index (χ3v) is 7.88. The molecule has 36 heavy (non-hydrogen) atoms. The highest BCUT2D eigenvalue weighted by Gasteiger charge is 2.43. The van der Waals surface area contributed by atoms with Gasteiger partial charge in [-0.15, -0.1) is 0 Å². The molecule has 2 aliphatic heterocycles. The molecule has 0 spiro atoms. The molecule has 1 fully saturated rings. The van der Waals surface area contributed by atoms with E-state index in [9.17, 15) is 19.5 Å². The smallest absolute Gasteiger partial charge is 0.316 e. The largest absolute Gasteiger partial charge is 0.461 e. The average molecular weight is 510 g/mol. The fraction of sp³-hybridized carbons (Fsp3) is 0.821. The van der Waals surface area contributed by atoms with Gasteiger partial charge in [-0.1, -0.05) is 40.7 Å². The van der Waals surface area contributed by atoms with E-state index in [-0.39, 0.29) is 41.5 Å². The van der Waals surface area contributed by atoms with Crippen molar-refractivity contribution in [2.24, 2.45) is 29.6 Å². The first-order valence-corrected chi connectivity index (χ1v) is 13.4. The monoisotopic (exact) mass is 509 g/mol. The van der Waals surface area contributed by atoms with Gasteiger partial charge in [-0.05, 0) is 59.2 Å². The van der Waals surface area contributed by atoms with Crippen LogP contribution in [0.4, 0.5) is 0 Å². The van der Waals surface area contributed by atoms with Crippen molar-refractivity contribution in [2.75, 3.05) is 14.1 Å². The summed E-state index contributed by atoms with van der Waals surface area (Å²) in [6, 6.07) is -0.161. The van der Waals surface area contributed by atoms with E-state index in [1.165, 1.54) is 0 Å². The molecule has 0 bridgehead atoms. The third kappa shape index (κ3) is 7.46. The molecule has 2 aliphatic rings. The van der Waals surface area contributed by atoms with Crippen molar-refractivity contribution in [2.45, 2.75) is 104 Å². The van der Waals surface area contributed by atoms with Crippen molar-refractivity contribution in [3.8, 4) is 0 Å². The van der Waals surface area contributed by atoms with Crippen molar-refractivity contribution in [3.05, 3.63) is 12.2 Å². The highest BCUT2D eigenvalue weighted by atomic mass is 16.7. The third-order valence-electron chi connectivity index (χ3n) is 7.88. The lowest BCUT2D eigenvalue weighted by molar-refractivity contribution is -0.278. The van der Waals surface area contributed by atoms with Crippen LogP contribution in [0.2, 0.25) is 0 Å². The van der Waals surface area contributed by atoms with Gasteiger partial charge >= 0.3 is 5.97 Å². The molecular weight excluding hydrogens is 462 g/mol. The number of nitrogens with zero attached hydrogens (tertiary/aromatic N) is 1. The number of allylic oxidation sites excluding steroid dienone is 1. The van der Waals surface area contributed by atoms with E-state index in [2.05, 4.69) is 0 Å². The predicted octanol–water partition coefficient (Wildman–Crippen LogP) is 3.40. The normalized spacial score (nSPS) is 42.6. The molecule has 2 rings (SSSR count). The SMILES string of the molecule is CC[C@H]1OC(=O)[C@H](C)C(=O)[C@H](C)[C@@H](O[C@H]2OC(C)C[C@H](N(C)C)C2O)[C@@H](C)C[C@@H](C)C(=O)/C=C/[C@H]1C. The molecule has 0 aliphatic carbocycles. The van der Waals surface area contributed by atoms with E-state index in [0.717, 1.165) is 0 Å². The Morgan fingerprint density at radius 2 is 1.69 bits per heavy atom. The van der Waals surface area contributed by atoms with Crippen LogP contribution in [0.15, 0.2) is 12.2 Å². The molecular formula is C28H47NO7. The number of esters is 1. The molecule has 0 radical (unpaired) electrons. The number of ketones is 2. The molecule has 8 heteroatoms. The second-order valence-electron chi connectivity index (χ2n) is 11.2. The lowest BCUT2D eigenvalue weighted by Gasteiger charge is -2.43. The fourth-order valence-electron chi connectivity index (χ4n) is 5.38. The second-order valence-corrected chi connectivity index (χ2v) is 11.2. The van der Waals surface area contributed by atoms with Crippen LogP contribution in [0, 0.1) is 29.6 Å². The second kappa shape index (κ2) is 13.3. The van der Waals surface area contributed by atoms with Gasteiger partial charge in [0.15, 0.2) is 17.9 Å². The Kier molecular flexibility index (Phi) is 11.3. The van der Waals surface area contributed by atoms with Crippen LogP contribution in [0.25, 0.3) is 0 Å². The zero-order valence-corrected chi connectivity index (χ0v) is 23.5. The van der Waals surface area contributed by atoms with E-state index in [4.69, 9.17) is 14.2 Å². The molecule has 1 N–H and O–H groups in total. The van der Waals surface area contributed by atoms with Gasteiger partial charge in [0.2, 0.25) is 0 Å². The first kappa shape index (κ1) is 30.6. The molecule has 0 aromatic carbocycles. The first-order chi connectivity index (χ1) is 16.8. The van der Waals surface area contributed by atoms with E-state index >= 15 is 0 Å². The zero-order valence-electron chi connectivity index (χ0n) is 23.5. The van der Waals surface area contributed by atoms with E-state index in [0.29, 0.717) is 19.3 Å². The van der Waals surface area contributed by atoms with Crippen molar-refractivity contribution in [1.29, 1.82) is 0 Å². The molecule has 0 saturated carbocycles. The van der Waals surface area contributed by atoms with Gasteiger partial charge in [0.1, 0.15) is 18.1 Å². The quantitative estimate of drug-likeness (QED) is 0.454. The number of aliphatic hydroxyl groups is 1. The van der Waals surface area contributed by atoms with Crippen LogP contribution in [0.1, 0.15) is 67.7 Å². The van der Waals surface area contributed by atoms with Crippen molar-refractivity contribution >= 4 is 17.5 Å². The number of cyclic esters (lactones) is 1. The van der Waals surface area contributed by atoms with E-state index in [1.54, 1.807) is 26.0 Å². The molecule has 206 valence electrons. The average Bonchev–Trinajstić information content (AvgIpc) is 2.83. The lowest BCUT2D eigenvalue weighted by atomic mass is 9.80. The molecule has 2 heterocycles. The van der Waals surface area contributed by atoms with Gasteiger partial charge in [0.25, 0.3) is 0 Å². The van der Waals surface area contributed by atoms with Crippen molar-refractivity contribution < 1.29 is 33.7 Å². The molecule has 11 atom stereocenters. The summed E-state index contributed by atoms with van der Waals surface area (Å²) in [5, 5.41) is 11.0. The first-order valence-electron chi connectivity index (χ1n) is 13.4. The van der Waals surface area contributed by atoms with Gasteiger partial charge in [0, 0.05) is 23.8 Å². The predicted molar refractivity (Wildman–Crippen MR) is 137 cm³/mol. The highest BCUT2D eigenvalue weighted by molar-refractivity contribution is 6.00. The Bertz CT molecular complexity index is 797. The Morgan fingerprint density at radius 1 is 1.06 bits per heavy atom. The van der Waals surface area contributed by atoms with Crippen molar-refractivity contribution in [1.82, 2.24) is 4.90 Å². The standard InChI is InChI=1S/C28H47NO7/c1-10-23-15(2)11-12-22(30)16(3)13-17(4)26(19(6)24(31)20(7)27(33)35-23)36-28-25(32)21(29(8)9)14-18(5)34-28/h11-12,15-21,23,25-26,28,32H,10,13-14H2,1-9H3/b12-11+/t15-,16-,17+,18?,19+,20-,21+,23-,25?,26+,28-/m1/s1. The number of Topliss-reactive ketones (excluding diaryl/α,β-unsaturated/α-hetero) is 1. The number of hydrogen-bond acceptors (Lipinski definition) is 8. The van der Waals surface area contributed by atoms with Crippen LogP contribution < -0.4 is 0 Å².